The van der Waals surface area contributed by atoms with E-state index < -0.39 is 9.84 Å². The second-order valence-corrected chi connectivity index (χ2v) is 8.47. The zero-order valence-corrected chi connectivity index (χ0v) is 15.9. The molecular weight excluding hydrogens is 364 g/mol. The number of hydrogen-bond donors (Lipinski definition) is 1. The number of sulfone groups is 1. The first kappa shape index (κ1) is 17.4. The minimum Gasteiger partial charge on any atom is -0.508 e. The van der Waals surface area contributed by atoms with Crippen molar-refractivity contribution in [1.82, 2.24) is 9.72 Å². The molecule has 0 atom stereocenters. The van der Waals surface area contributed by atoms with Gasteiger partial charge in [-0.25, -0.2) is 8.42 Å². The van der Waals surface area contributed by atoms with Gasteiger partial charge in [0.15, 0.2) is 9.84 Å². The number of nitrogens with zero attached hydrogens (tertiary/aromatic N) is 2. The highest BCUT2D eigenvalue weighted by molar-refractivity contribution is 7.91. The van der Waals surface area contributed by atoms with Gasteiger partial charge in [0, 0.05) is 17.3 Å². The van der Waals surface area contributed by atoms with E-state index in [1.165, 1.54) is 6.26 Å². The maximum Gasteiger partial charge on any atom is 0.178 e. The lowest BCUT2D eigenvalue weighted by Crippen LogP contribution is -2.03. The molecule has 138 valence electrons. The first-order valence-electron chi connectivity index (χ1n) is 8.35. The van der Waals surface area contributed by atoms with Crippen LogP contribution in [0.25, 0.3) is 27.8 Å². The standard InChI is InChI=1S/C20H18N2O4S/c1-12-18(13(2)26-21-12)19-20(27(3,24)25)16-6-4-5-7-17(16)22(19)14-8-10-15(23)11-9-14/h4-11,23H,1-3H3. The maximum absolute atomic E-state index is 12.8. The topological polar surface area (TPSA) is 85.3 Å². The Bertz CT molecular complexity index is 1250. The molecule has 4 aromatic rings. The monoisotopic (exact) mass is 382 g/mol. The van der Waals surface area contributed by atoms with Crippen molar-refractivity contribution in [2.24, 2.45) is 0 Å². The first-order chi connectivity index (χ1) is 12.8. The number of aromatic hydroxyl groups is 1. The van der Waals surface area contributed by atoms with Crippen LogP contribution in [0.1, 0.15) is 11.5 Å². The second kappa shape index (κ2) is 5.99. The Labute approximate surface area is 156 Å². The molecule has 0 spiro atoms. The van der Waals surface area contributed by atoms with Gasteiger partial charge in [0.1, 0.15) is 16.4 Å². The third-order valence-electron chi connectivity index (χ3n) is 4.58. The fourth-order valence-corrected chi connectivity index (χ4v) is 4.62. The Kier molecular flexibility index (Phi) is 3.85. The molecule has 2 aromatic heterocycles. The summed E-state index contributed by atoms with van der Waals surface area (Å²) in [4.78, 5) is 0.237. The van der Waals surface area contributed by atoms with E-state index in [1.807, 2.05) is 22.8 Å². The number of hydrogen-bond acceptors (Lipinski definition) is 5. The summed E-state index contributed by atoms with van der Waals surface area (Å²) in [5.41, 5.74) is 3.26. The van der Waals surface area contributed by atoms with Gasteiger partial charge >= 0.3 is 0 Å². The Morgan fingerprint density at radius 2 is 1.70 bits per heavy atom. The molecule has 6 nitrogen and oxygen atoms in total. The van der Waals surface area contributed by atoms with Crippen LogP contribution in [-0.2, 0) is 9.84 Å². The van der Waals surface area contributed by atoms with E-state index in [1.54, 1.807) is 44.2 Å². The second-order valence-electron chi connectivity index (χ2n) is 6.52. The SMILES string of the molecule is Cc1noc(C)c1-c1c(S(C)(=O)=O)c2ccccc2n1-c1ccc(O)cc1. The Morgan fingerprint density at radius 1 is 1.04 bits per heavy atom. The van der Waals surface area contributed by atoms with E-state index in [9.17, 15) is 13.5 Å². The van der Waals surface area contributed by atoms with Gasteiger partial charge in [0.25, 0.3) is 0 Å². The number of phenols is 1. The molecule has 2 aromatic carbocycles. The molecule has 0 fully saturated rings. The van der Waals surface area contributed by atoms with Crippen LogP contribution in [0.4, 0.5) is 0 Å². The number of aromatic nitrogens is 2. The minimum absolute atomic E-state index is 0.137. The van der Waals surface area contributed by atoms with E-state index in [2.05, 4.69) is 5.16 Å². The summed E-state index contributed by atoms with van der Waals surface area (Å²) in [6.07, 6.45) is 1.21. The molecule has 7 heteroatoms. The lowest BCUT2D eigenvalue weighted by Gasteiger charge is -2.12. The van der Waals surface area contributed by atoms with Gasteiger partial charge in [-0.05, 0) is 44.2 Å². The summed E-state index contributed by atoms with van der Waals surface area (Å²) in [7, 11) is -3.55. The van der Waals surface area contributed by atoms with Crippen molar-refractivity contribution in [1.29, 1.82) is 0 Å². The molecule has 27 heavy (non-hydrogen) atoms. The summed E-state index contributed by atoms with van der Waals surface area (Å²) in [5, 5.41) is 14.3. The average Bonchev–Trinajstić information content (AvgIpc) is 3.12. The normalized spacial score (nSPS) is 12.0. The van der Waals surface area contributed by atoms with Crippen LogP contribution in [0.5, 0.6) is 5.75 Å². The Balaban J connectivity index is 2.26. The van der Waals surface area contributed by atoms with Crippen LogP contribution in [0, 0.1) is 13.8 Å². The van der Waals surface area contributed by atoms with Crippen LogP contribution >= 0.6 is 0 Å². The van der Waals surface area contributed by atoms with E-state index in [0.717, 1.165) is 11.2 Å². The lowest BCUT2D eigenvalue weighted by atomic mass is 10.1. The number of aryl methyl sites for hydroxylation is 2. The van der Waals surface area contributed by atoms with Crippen molar-refractivity contribution in [2.75, 3.05) is 6.26 Å². The summed E-state index contributed by atoms with van der Waals surface area (Å²) in [5.74, 6) is 0.678. The van der Waals surface area contributed by atoms with Gasteiger partial charge < -0.3 is 14.2 Å². The van der Waals surface area contributed by atoms with Crippen molar-refractivity contribution in [3.8, 4) is 22.7 Å². The molecule has 0 aliphatic carbocycles. The van der Waals surface area contributed by atoms with Crippen LogP contribution < -0.4 is 0 Å². The van der Waals surface area contributed by atoms with Crippen LogP contribution in [0.2, 0.25) is 0 Å². The number of phenolic OH excluding ortho intramolecular Hbond substituents is 1. The molecule has 0 bridgehead atoms. The smallest absolute Gasteiger partial charge is 0.178 e. The highest BCUT2D eigenvalue weighted by atomic mass is 32.2. The third kappa shape index (κ3) is 2.71. The van der Waals surface area contributed by atoms with Crippen molar-refractivity contribution >= 4 is 20.7 Å². The molecule has 0 radical (unpaired) electrons. The summed E-state index contributed by atoms with van der Waals surface area (Å²) in [6, 6.07) is 14.0. The molecule has 0 saturated heterocycles. The fourth-order valence-electron chi connectivity index (χ4n) is 3.50. The third-order valence-corrected chi connectivity index (χ3v) is 5.73. The number of fused-ring (bicyclic) bond motifs is 1. The number of rotatable bonds is 3. The van der Waals surface area contributed by atoms with Gasteiger partial charge in [0.05, 0.1) is 22.5 Å². The fraction of sp³-hybridized carbons (Fsp3) is 0.150. The molecule has 0 aliphatic rings. The highest BCUT2D eigenvalue weighted by Gasteiger charge is 2.29. The van der Waals surface area contributed by atoms with Crippen LogP contribution in [-0.4, -0.2) is 29.5 Å². The largest absolute Gasteiger partial charge is 0.508 e. The van der Waals surface area contributed by atoms with Gasteiger partial charge in [-0.2, -0.15) is 0 Å². The van der Waals surface area contributed by atoms with Gasteiger partial charge in [0.2, 0.25) is 0 Å². The lowest BCUT2D eigenvalue weighted by molar-refractivity contribution is 0.393. The molecule has 4 rings (SSSR count). The Hall–Kier alpha value is -3.06. The maximum atomic E-state index is 12.8. The van der Waals surface area contributed by atoms with E-state index in [-0.39, 0.29) is 10.6 Å². The zero-order chi connectivity index (χ0) is 19.3. The minimum atomic E-state index is -3.55. The van der Waals surface area contributed by atoms with Gasteiger partial charge in [-0.3, -0.25) is 0 Å². The molecular formula is C20H18N2O4S. The molecule has 1 N–H and O–H groups in total. The molecule has 0 unspecified atom stereocenters. The first-order valence-corrected chi connectivity index (χ1v) is 10.2. The van der Waals surface area contributed by atoms with E-state index >= 15 is 0 Å². The van der Waals surface area contributed by atoms with Crippen LogP contribution in [0.3, 0.4) is 0 Å². The highest BCUT2D eigenvalue weighted by Crippen LogP contribution is 2.41. The van der Waals surface area contributed by atoms with Crippen LogP contribution in [0.15, 0.2) is 57.9 Å². The average molecular weight is 382 g/mol. The quantitative estimate of drug-likeness (QED) is 0.579. The van der Waals surface area contributed by atoms with Crippen molar-refractivity contribution < 1.29 is 18.0 Å². The number of benzene rings is 2. The molecule has 0 saturated carbocycles. The van der Waals surface area contributed by atoms with Gasteiger partial charge in [-0.15, -0.1) is 0 Å². The van der Waals surface area contributed by atoms with Crippen molar-refractivity contribution in [3.05, 3.63) is 60.0 Å². The van der Waals surface area contributed by atoms with Crippen molar-refractivity contribution in [2.45, 2.75) is 18.7 Å². The molecule has 0 aliphatic heterocycles. The zero-order valence-electron chi connectivity index (χ0n) is 15.1. The van der Waals surface area contributed by atoms with Gasteiger partial charge in [-0.1, -0.05) is 23.4 Å². The molecule has 0 amide bonds. The van der Waals surface area contributed by atoms with E-state index in [4.69, 9.17) is 4.52 Å². The Morgan fingerprint density at radius 3 is 2.30 bits per heavy atom. The predicted octanol–water partition coefficient (Wildman–Crippen LogP) is 4.01. The van der Waals surface area contributed by atoms with E-state index in [0.29, 0.717) is 28.1 Å². The number of para-hydroxylation sites is 1. The molecule has 2 heterocycles. The van der Waals surface area contributed by atoms with Crippen molar-refractivity contribution in [3.63, 3.8) is 0 Å². The predicted molar refractivity (Wildman–Crippen MR) is 103 cm³/mol. The summed E-state index contributed by atoms with van der Waals surface area (Å²) >= 11 is 0. The summed E-state index contributed by atoms with van der Waals surface area (Å²) in [6.45, 7) is 3.55. The summed E-state index contributed by atoms with van der Waals surface area (Å²) < 4.78 is 32.8.